The van der Waals surface area contributed by atoms with Crippen molar-refractivity contribution < 1.29 is 24.1 Å². The van der Waals surface area contributed by atoms with Crippen LogP contribution >= 0.6 is 0 Å². The van der Waals surface area contributed by atoms with Crippen LogP contribution in [-0.2, 0) is 19.0 Å². The molecule has 0 spiro atoms. The molecule has 6 aliphatic rings. The van der Waals surface area contributed by atoms with Gasteiger partial charge < -0.3 is 19.3 Å². The molecule has 1 N–H and O–H groups in total. The lowest BCUT2D eigenvalue weighted by Crippen LogP contribution is -2.50. The summed E-state index contributed by atoms with van der Waals surface area (Å²) in [6, 6.07) is 0. The van der Waals surface area contributed by atoms with E-state index in [4.69, 9.17) is 14.2 Å². The number of hydrogen-bond acceptors (Lipinski definition) is 4. The van der Waals surface area contributed by atoms with Crippen LogP contribution in [0.5, 0.6) is 0 Å². The summed E-state index contributed by atoms with van der Waals surface area (Å²) < 4.78 is 18.3. The second kappa shape index (κ2) is 3.13. The minimum atomic E-state index is -0.709. The highest BCUT2D eigenvalue weighted by Crippen LogP contribution is 2.65. The number of carboxylic acids is 1. The van der Waals surface area contributed by atoms with Crippen molar-refractivity contribution in [1.29, 1.82) is 0 Å². The summed E-state index contributed by atoms with van der Waals surface area (Å²) in [5.41, 5.74) is 0. The van der Waals surface area contributed by atoms with E-state index in [2.05, 4.69) is 12.2 Å². The molecule has 0 aromatic carbocycles. The molecule has 6 bridgehead atoms. The number of carbonyl (C=O) groups is 1. The SMILES string of the molecule is O=C(O)C1CC2OC1C1C3OC(C4C5C=CC(O5)C34)C21. The third-order valence-electron chi connectivity index (χ3n) is 6.62. The van der Waals surface area contributed by atoms with E-state index >= 15 is 0 Å². The van der Waals surface area contributed by atoms with Gasteiger partial charge in [-0.3, -0.25) is 4.79 Å². The van der Waals surface area contributed by atoms with E-state index in [0.717, 1.165) is 0 Å². The van der Waals surface area contributed by atoms with E-state index < -0.39 is 5.97 Å². The first-order valence-corrected chi connectivity index (χ1v) is 7.61. The molecule has 5 heteroatoms. The molecule has 0 saturated carbocycles. The summed E-state index contributed by atoms with van der Waals surface area (Å²) in [5.74, 6) is 0.531. The topological polar surface area (TPSA) is 65.0 Å². The fourth-order valence-electron chi connectivity index (χ4n) is 6.12. The highest BCUT2D eigenvalue weighted by atomic mass is 16.6. The molecule has 6 heterocycles. The Bertz CT molecular complexity index is 544. The summed E-state index contributed by atoms with van der Waals surface area (Å²) in [7, 11) is 0. The first-order chi connectivity index (χ1) is 9.74. The predicted octanol–water partition coefficient (Wildman–Crippen LogP) is 0.441. The van der Waals surface area contributed by atoms with Gasteiger partial charge in [-0.1, -0.05) is 12.2 Å². The summed E-state index contributed by atoms with van der Waals surface area (Å²) in [6.07, 6.45) is 5.72. The van der Waals surface area contributed by atoms with E-state index in [1.54, 1.807) is 0 Å². The molecule has 5 saturated heterocycles. The predicted molar refractivity (Wildman–Crippen MR) is 64.8 cm³/mol. The molecule has 6 rings (SSSR count). The third kappa shape index (κ3) is 0.954. The zero-order valence-corrected chi connectivity index (χ0v) is 10.8. The van der Waals surface area contributed by atoms with E-state index in [9.17, 15) is 9.90 Å². The number of hydrogen-bond donors (Lipinski definition) is 1. The molecule has 106 valence electrons. The van der Waals surface area contributed by atoms with Crippen LogP contribution in [0.15, 0.2) is 12.2 Å². The van der Waals surface area contributed by atoms with Crippen LogP contribution in [0, 0.1) is 29.6 Å². The molecule has 11 unspecified atom stereocenters. The molecule has 0 amide bonds. The van der Waals surface area contributed by atoms with Crippen molar-refractivity contribution in [1.82, 2.24) is 0 Å². The lowest BCUT2D eigenvalue weighted by Gasteiger charge is -2.38. The average Bonchev–Trinajstić information content (AvgIpc) is 3.20. The van der Waals surface area contributed by atoms with Crippen LogP contribution in [0.4, 0.5) is 0 Å². The first-order valence-electron chi connectivity index (χ1n) is 7.61. The van der Waals surface area contributed by atoms with Crippen molar-refractivity contribution in [3.05, 3.63) is 12.2 Å². The Morgan fingerprint density at radius 2 is 1.60 bits per heavy atom. The maximum atomic E-state index is 11.4. The van der Waals surface area contributed by atoms with Gasteiger partial charge in [-0.2, -0.15) is 0 Å². The molecule has 11 atom stereocenters. The Morgan fingerprint density at radius 1 is 0.900 bits per heavy atom. The maximum Gasteiger partial charge on any atom is 0.309 e. The van der Waals surface area contributed by atoms with Crippen LogP contribution in [0.2, 0.25) is 0 Å². The zero-order chi connectivity index (χ0) is 13.2. The molecule has 0 radical (unpaired) electrons. The van der Waals surface area contributed by atoms with Crippen molar-refractivity contribution in [3.8, 4) is 0 Å². The van der Waals surface area contributed by atoms with E-state index in [1.165, 1.54) is 0 Å². The number of carboxylic acid groups (broad SMARTS) is 1. The summed E-state index contributed by atoms with van der Waals surface area (Å²) in [5, 5.41) is 9.36. The third-order valence-corrected chi connectivity index (χ3v) is 6.62. The Morgan fingerprint density at radius 3 is 2.30 bits per heavy atom. The molecule has 6 aliphatic heterocycles. The monoisotopic (exact) mass is 276 g/mol. The van der Waals surface area contributed by atoms with Gasteiger partial charge in [-0.05, 0) is 6.42 Å². The van der Waals surface area contributed by atoms with Gasteiger partial charge in [0.25, 0.3) is 0 Å². The van der Waals surface area contributed by atoms with E-state index in [1.807, 2.05) is 0 Å². The highest BCUT2D eigenvalue weighted by molar-refractivity contribution is 5.71. The van der Waals surface area contributed by atoms with Crippen molar-refractivity contribution in [2.45, 2.75) is 43.0 Å². The molecular formula is C15H16O5. The Hall–Kier alpha value is -0.910. The van der Waals surface area contributed by atoms with E-state index in [0.29, 0.717) is 24.2 Å². The van der Waals surface area contributed by atoms with Gasteiger partial charge in [0.15, 0.2) is 0 Å². The van der Waals surface area contributed by atoms with Crippen molar-refractivity contribution in [3.63, 3.8) is 0 Å². The Balaban J connectivity index is 1.41. The summed E-state index contributed by atoms with van der Waals surface area (Å²) in [6.45, 7) is 0. The fraction of sp³-hybridized carbons (Fsp3) is 0.800. The second-order valence-electron chi connectivity index (χ2n) is 7.14. The van der Waals surface area contributed by atoms with Crippen LogP contribution in [0.25, 0.3) is 0 Å². The molecular weight excluding hydrogens is 260 g/mol. The first kappa shape index (κ1) is 10.8. The van der Waals surface area contributed by atoms with Crippen molar-refractivity contribution >= 4 is 5.97 Å². The number of ether oxygens (including phenoxy) is 3. The van der Waals surface area contributed by atoms with Crippen molar-refractivity contribution in [2.24, 2.45) is 29.6 Å². The number of aliphatic carboxylic acids is 1. The Kier molecular flexibility index (Phi) is 1.68. The zero-order valence-electron chi connectivity index (χ0n) is 10.8. The minimum Gasteiger partial charge on any atom is -0.481 e. The highest BCUT2D eigenvalue weighted by Gasteiger charge is 2.74. The molecule has 0 aromatic heterocycles. The van der Waals surface area contributed by atoms with Gasteiger partial charge in [0.05, 0.1) is 42.5 Å². The summed E-state index contributed by atoms with van der Waals surface area (Å²) in [4.78, 5) is 11.4. The average molecular weight is 276 g/mol. The van der Waals surface area contributed by atoms with Crippen LogP contribution in [-0.4, -0.2) is 47.7 Å². The van der Waals surface area contributed by atoms with Gasteiger partial charge in [-0.25, -0.2) is 0 Å². The number of fused-ring (bicyclic) bond motifs is 16. The lowest BCUT2D eigenvalue weighted by molar-refractivity contribution is -0.144. The largest absolute Gasteiger partial charge is 0.481 e. The lowest BCUT2D eigenvalue weighted by atomic mass is 9.59. The molecule has 0 aliphatic carbocycles. The Labute approximate surface area is 115 Å². The van der Waals surface area contributed by atoms with Gasteiger partial charge in [-0.15, -0.1) is 0 Å². The van der Waals surface area contributed by atoms with Crippen LogP contribution in [0.3, 0.4) is 0 Å². The fourth-order valence-corrected chi connectivity index (χ4v) is 6.12. The van der Waals surface area contributed by atoms with Crippen molar-refractivity contribution in [2.75, 3.05) is 0 Å². The maximum absolute atomic E-state index is 11.4. The quantitative estimate of drug-likeness (QED) is 0.704. The minimum absolute atomic E-state index is 0.0881. The molecule has 20 heavy (non-hydrogen) atoms. The molecule has 5 fully saturated rings. The van der Waals surface area contributed by atoms with Gasteiger partial charge in [0.1, 0.15) is 0 Å². The second-order valence-corrected chi connectivity index (χ2v) is 7.14. The summed E-state index contributed by atoms with van der Waals surface area (Å²) >= 11 is 0. The van der Waals surface area contributed by atoms with Gasteiger partial charge >= 0.3 is 5.97 Å². The van der Waals surface area contributed by atoms with E-state index in [-0.39, 0.29) is 48.5 Å². The number of rotatable bonds is 1. The standard InChI is InChI=1S/C15H16O5/c16-15(17)4-3-7-10-11(12(4)19-7)14-9-6-2-1-5(18-6)8(9)13(10)20-14/h1-2,4-14H,3H2,(H,16,17). The smallest absolute Gasteiger partial charge is 0.309 e. The van der Waals surface area contributed by atoms with Crippen LogP contribution in [0.1, 0.15) is 6.42 Å². The van der Waals surface area contributed by atoms with Crippen LogP contribution < -0.4 is 0 Å². The van der Waals surface area contributed by atoms with Gasteiger partial charge in [0, 0.05) is 23.7 Å². The molecule has 5 nitrogen and oxygen atoms in total. The van der Waals surface area contributed by atoms with Gasteiger partial charge in [0.2, 0.25) is 0 Å². The normalized spacial score (nSPS) is 66.9. The molecule has 0 aromatic rings.